The third kappa shape index (κ3) is 3.91. The van der Waals surface area contributed by atoms with Gasteiger partial charge in [0, 0.05) is 5.56 Å². The SMILES string of the molecule is CCCC(CCC)C(NN)c1cccc(OC)c1F. The number of benzene rings is 1. The summed E-state index contributed by atoms with van der Waals surface area (Å²) in [6, 6.07) is 5.04. The second kappa shape index (κ2) is 8.12. The molecule has 0 aliphatic rings. The van der Waals surface area contributed by atoms with Crippen LogP contribution in [0, 0.1) is 11.7 Å². The molecule has 0 saturated carbocycles. The van der Waals surface area contributed by atoms with Gasteiger partial charge in [0.05, 0.1) is 13.2 Å². The van der Waals surface area contributed by atoms with E-state index in [-0.39, 0.29) is 17.6 Å². The van der Waals surface area contributed by atoms with Crippen molar-refractivity contribution in [2.45, 2.75) is 45.6 Å². The van der Waals surface area contributed by atoms with Crippen LogP contribution in [0.3, 0.4) is 0 Å². The van der Waals surface area contributed by atoms with Crippen LogP contribution >= 0.6 is 0 Å². The molecule has 0 spiro atoms. The van der Waals surface area contributed by atoms with Gasteiger partial charge in [-0.05, 0) is 24.8 Å². The zero-order valence-electron chi connectivity index (χ0n) is 12.1. The number of hydrogen-bond acceptors (Lipinski definition) is 3. The zero-order chi connectivity index (χ0) is 14.3. The summed E-state index contributed by atoms with van der Waals surface area (Å²) in [4.78, 5) is 0. The Kier molecular flexibility index (Phi) is 6.81. The fraction of sp³-hybridized carbons (Fsp3) is 0.600. The summed E-state index contributed by atoms with van der Waals surface area (Å²) in [5, 5.41) is 0. The lowest BCUT2D eigenvalue weighted by Crippen LogP contribution is -2.34. The van der Waals surface area contributed by atoms with E-state index >= 15 is 0 Å². The number of rotatable bonds is 8. The molecule has 1 aromatic carbocycles. The number of halogens is 1. The Hall–Kier alpha value is -1.13. The topological polar surface area (TPSA) is 47.3 Å². The third-order valence-electron chi connectivity index (χ3n) is 3.52. The molecule has 1 atom stereocenters. The smallest absolute Gasteiger partial charge is 0.169 e. The lowest BCUT2D eigenvalue weighted by atomic mass is 9.86. The van der Waals surface area contributed by atoms with E-state index in [1.807, 2.05) is 0 Å². The first kappa shape index (κ1) is 15.9. The van der Waals surface area contributed by atoms with Crippen LogP contribution in [0.15, 0.2) is 18.2 Å². The van der Waals surface area contributed by atoms with Crippen molar-refractivity contribution < 1.29 is 9.13 Å². The van der Waals surface area contributed by atoms with Gasteiger partial charge < -0.3 is 4.74 Å². The maximum absolute atomic E-state index is 14.3. The van der Waals surface area contributed by atoms with Crippen LogP contribution < -0.4 is 16.0 Å². The molecule has 1 aromatic rings. The number of hydrogen-bond donors (Lipinski definition) is 2. The molecule has 3 nitrogen and oxygen atoms in total. The highest BCUT2D eigenvalue weighted by Gasteiger charge is 2.24. The Morgan fingerprint density at radius 2 is 1.89 bits per heavy atom. The van der Waals surface area contributed by atoms with Gasteiger partial charge in [0.15, 0.2) is 11.6 Å². The fourth-order valence-electron chi connectivity index (χ4n) is 2.62. The summed E-state index contributed by atoms with van der Waals surface area (Å²) in [6.45, 7) is 4.27. The second-order valence-corrected chi connectivity index (χ2v) is 4.85. The Balaban J connectivity index is 3.06. The molecule has 1 rings (SSSR count). The Labute approximate surface area is 115 Å². The van der Waals surface area contributed by atoms with Crippen molar-refractivity contribution in [1.82, 2.24) is 5.43 Å². The van der Waals surface area contributed by atoms with Gasteiger partial charge in [-0.3, -0.25) is 11.3 Å². The molecule has 19 heavy (non-hydrogen) atoms. The number of ether oxygens (including phenoxy) is 1. The summed E-state index contributed by atoms with van der Waals surface area (Å²) >= 11 is 0. The molecule has 0 aliphatic heterocycles. The van der Waals surface area contributed by atoms with Crippen LogP contribution in [0.4, 0.5) is 4.39 Å². The molecular weight excluding hydrogens is 243 g/mol. The highest BCUT2D eigenvalue weighted by Crippen LogP contribution is 2.33. The maximum atomic E-state index is 14.3. The van der Waals surface area contributed by atoms with E-state index in [4.69, 9.17) is 10.6 Å². The van der Waals surface area contributed by atoms with Crippen molar-refractivity contribution >= 4 is 0 Å². The normalized spacial score (nSPS) is 12.7. The number of hydrazine groups is 1. The van der Waals surface area contributed by atoms with Gasteiger partial charge in [0.25, 0.3) is 0 Å². The standard InChI is InChI=1S/C15H25FN2O/c1-4-7-11(8-5-2)15(18-17)12-9-6-10-13(19-3)14(12)16/h6,9-11,15,18H,4-5,7-8,17H2,1-3H3. The van der Waals surface area contributed by atoms with Crippen LogP contribution in [0.1, 0.15) is 51.1 Å². The summed E-state index contributed by atoms with van der Waals surface area (Å²) in [5.74, 6) is 5.96. The van der Waals surface area contributed by atoms with Crippen molar-refractivity contribution in [3.63, 3.8) is 0 Å². The van der Waals surface area contributed by atoms with Crippen LogP contribution in [0.25, 0.3) is 0 Å². The molecule has 108 valence electrons. The van der Waals surface area contributed by atoms with E-state index in [2.05, 4.69) is 19.3 Å². The van der Waals surface area contributed by atoms with Crippen LogP contribution in [0.5, 0.6) is 5.75 Å². The molecule has 0 aromatic heterocycles. The van der Waals surface area contributed by atoms with Gasteiger partial charge in [0.1, 0.15) is 0 Å². The summed E-state index contributed by atoms with van der Waals surface area (Å²) in [5.41, 5.74) is 3.38. The van der Waals surface area contributed by atoms with E-state index in [0.29, 0.717) is 11.5 Å². The number of nitrogens with two attached hydrogens (primary N) is 1. The first-order valence-electron chi connectivity index (χ1n) is 6.98. The largest absolute Gasteiger partial charge is 0.494 e. The van der Waals surface area contributed by atoms with Gasteiger partial charge in [-0.2, -0.15) is 0 Å². The summed E-state index contributed by atoms with van der Waals surface area (Å²) in [6.07, 6.45) is 4.18. The van der Waals surface area contributed by atoms with Crippen molar-refractivity contribution in [1.29, 1.82) is 0 Å². The predicted molar refractivity (Wildman–Crippen MR) is 76.3 cm³/mol. The average molecular weight is 268 g/mol. The van der Waals surface area contributed by atoms with E-state index in [1.165, 1.54) is 7.11 Å². The summed E-state index contributed by atoms with van der Waals surface area (Å²) < 4.78 is 19.4. The van der Waals surface area contributed by atoms with Crippen molar-refractivity contribution in [2.24, 2.45) is 11.8 Å². The molecular formula is C15H25FN2O. The van der Waals surface area contributed by atoms with Gasteiger partial charge >= 0.3 is 0 Å². The van der Waals surface area contributed by atoms with E-state index in [9.17, 15) is 4.39 Å². The second-order valence-electron chi connectivity index (χ2n) is 4.85. The van der Waals surface area contributed by atoms with Gasteiger partial charge in [0.2, 0.25) is 0 Å². The van der Waals surface area contributed by atoms with E-state index in [1.54, 1.807) is 18.2 Å². The Morgan fingerprint density at radius 3 is 2.37 bits per heavy atom. The van der Waals surface area contributed by atoms with Crippen molar-refractivity contribution in [3.05, 3.63) is 29.6 Å². The highest BCUT2D eigenvalue weighted by atomic mass is 19.1. The Morgan fingerprint density at radius 1 is 1.26 bits per heavy atom. The average Bonchev–Trinajstić information content (AvgIpc) is 2.42. The quantitative estimate of drug-likeness (QED) is 0.560. The van der Waals surface area contributed by atoms with Gasteiger partial charge in [-0.1, -0.05) is 38.8 Å². The molecule has 1 unspecified atom stereocenters. The zero-order valence-corrected chi connectivity index (χ0v) is 12.1. The molecule has 0 bridgehead atoms. The molecule has 4 heteroatoms. The molecule has 0 saturated heterocycles. The van der Waals surface area contributed by atoms with Gasteiger partial charge in [-0.15, -0.1) is 0 Å². The lowest BCUT2D eigenvalue weighted by Gasteiger charge is -2.27. The van der Waals surface area contributed by atoms with Crippen LogP contribution in [-0.4, -0.2) is 7.11 Å². The number of methoxy groups -OCH3 is 1. The van der Waals surface area contributed by atoms with E-state index < -0.39 is 0 Å². The number of nitrogens with one attached hydrogen (secondary N) is 1. The maximum Gasteiger partial charge on any atom is 0.169 e. The molecule has 0 amide bonds. The predicted octanol–water partition coefficient (Wildman–Crippen LogP) is 3.56. The highest BCUT2D eigenvalue weighted by molar-refractivity contribution is 5.33. The minimum absolute atomic E-state index is 0.171. The van der Waals surface area contributed by atoms with E-state index in [0.717, 1.165) is 25.7 Å². The van der Waals surface area contributed by atoms with Gasteiger partial charge in [-0.25, -0.2) is 4.39 Å². The summed E-state index contributed by atoms with van der Waals surface area (Å²) in [7, 11) is 1.47. The lowest BCUT2D eigenvalue weighted by molar-refractivity contribution is 0.306. The third-order valence-corrected chi connectivity index (χ3v) is 3.52. The first-order chi connectivity index (χ1) is 9.19. The van der Waals surface area contributed by atoms with Crippen LogP contribution in [0.2, 0.25) is 0 Å². The molecule has 0 fully saturated rings. The van der Waals surface area contributed by atoms with Crippen molar-refractivity contribution in [3.8, 4) is 5.75 Å². The molecule has 0 heterocycles. The minimum atomic E-state index is -0.315. The monoisotopic (exact) mass is 268 g/mol. The van der Waals surface area contributed by atoms with Crippen LogP contribution in [-0.2, 0) is 0 Å². The van der Waals surface area contributed by atoms with Crippen molar-refractivity contribution in [2.75, 3.05) is 7.11 Å². The molecule has 3 N–H and O–H groups in total. The first-order valence-corrected chi connectivity index (χ1v) is 6.98. The minimum Gasteiger partial charge on any atom is -0.494 e. The molecule has 0 aliphatic carbocycles. The Bertz CT molecular complexity index is 378. The molecule has 0 radical (unpaired) electrons. The fourth-order valence-corrected chi connectivity index (χ4v) is 2.62.